The molecular formula is C17H15N3O2S. The van der Waals surface area contributed by atoms with E-state index >= 15 is 0 Å². The summed E-state index contributed by atoms with van der Waals surface area (Å²) in [4.78, 5) is 16.5. The van der Waals surface area contributed by atoms with Crippen molar-refractivity contribution in [2.75, 3.05) is 10.6 Å². The Morgan fingerprint density at radius 1 is 1.22 bits per heavy atom. The lowest BCUT2D eigenvalue weighted by atomic mass is 10.1. The zero-order valence-electron chi connectivity index (χ0n) is 12.4. The Labute approximate surface area is 137 Å². The molecule has 3 aromatic rings. The van der Waals surface area contributed by atoms with Gasteiger partial charge in [0.25, 0.3) is 5.91 Å². The van der Waals surface area contributed by atoms with E-state index in [-0.39, 0.29) is 11.7 Å². The fraction of sp³-hybridized carbons (Fsp3) is 0.0588. The molecule has 0 unspecified atom stereocenters. The van der Waals surface area contributed by atoms with Crippen LogP contribution in [0.3, 0.4) is 0 Å². The van der Waals surface area contributed by atoms with Gasteiger partial charge >= 0.3 is 0 Å². The average Bonchev–Trinajstić information content (AvgIpc) is 3.03. The highest BCUT2D eigenvalue weighted by Gasteiger charge is 2.10. The smallest absolute Gasteiger partial charge is 0.255 e. The highest BCUT2D eigenvalue weighted by molar-refractivity contribution is 7.13. The molecule has 5 nitrogen and oxygen atoms in total. The normalized spacial score (nSPS) is 10.3. The van der Waals surface area contributed by atoms with E-state index in [1.165, 1.54) is 11.3 Å². The van der Waals surface area contributed by atoms with Crippen LogP contribution in [0.15, 0.2) is 54.0 Å². The number of phenols is 1. The largest absolute Gasteiger partial charge is 0.506 e. The van der Waals surface area contributed by atoms with Crippen LogP contribution in [-0.2, 0) is 0 Å². The monoisotopic (exact) mass is 325 g/mol. The van der Waals surface area contributed by atoms with Crippen molar-refractivity contribution in [3.63, 3.8) is 0 Å². The van der Waals surface area contributed by atoms with Gasteiger partial charge in [-0.25, -0.2) is 4.98 Å². The summed E-state index contributed by atoms with van der Waals surface area (Å²) in [6, 6.07) is 12.2. The molecule has 1 aromatic heterocycles. The van der Waals surface area contributed by atoms with Crippen LogP contribution in [0.1, 0.15) is 15.9 Å². The molecule has 3 rings (SSSR count). The van der Waals surface area contributed by atoms with Crippen LogP contribution in [0.25, 0.3) is 0 Å². The van der Waals surface area contributed by atoms with Gasteiger partial charge in [0.05, 0.1) is 5.69 Å². The van der Waals surface area contributed by atoms with Gasteiger partial charge in [0.1, 0.15) is 5.75 Å². The molecule has 3 N–H and O–H groups in total. The maximum atomic E-state index is 12.3. The molecule has 0 aliphatic carbocycles. The first-order valence-electron chi connectivity index (χ1n) is 6.99. The molecule has 0 aliphatic rings. The van der Waals surface area contributed by atoms with E-state index in [4.69, 9.17) is 0 Å². The number of amides is 1. The van der Waals surface area contributed by atoms with Crippen LogP contribution in [0, 0.1) is 6.92 Å². The first kappa shape index (κ1) is 15.1. The van der Waals surface area contributed by atoms with E-state index in [0.29, 0.717) is 11.3 Å². The molecule has 0 fully saturated rings. The van der Waals surface area contributed by atoms with E-state index in [2.05, 4.69) is 15.6 Å². The average molecular weight is 325 g/mol. The van der Waals surface area contributed by atoms with E-state index in [1.54, 1.807) is 36.5 Å². The number of anilines is 3. The molecule has 0 aliphatic heterocycles. The van der Waals surface area contributed by atoms with Gasteiger partial charge in [-0.1, -0.05) is 12.1 Å². The molecular weight excluding hydrogens is 310 g/mol. The summed E-state index contributed by atoms with van der Waals surface area (Å²) in [5.74, 6) is -0.234. The minimum atomic E-state index is -0.285. The fourth-order valence-electron chi connectivity index (χ4n) is 2.09. The van der Waals surface area contributed by atoms with Gasteiger partial charge in [-0.05, 0) is 42.8 Å². The predicted molar refractivity (Wildman–Crippen MR) is 92.6 cm³/mol. The second-order valence-electron chi connectivity index (χ2n) is 5.02. The standard InChI is InChI=1S/C17H15N3O2S/c1-11-5-6-14(15(21)9-11)20-16(22)12-3-2-4-13(10-12)19-17-18-7-8-23-17/h2-10,21H,1H3,(H,18,19)(H,20,22). The number of benzene rings is 2. The van der Waals surface area contributed by atoms with Crippen LogP contribution >= 0.6 is 11.3 Å². The van der Waals surface area contributed by atoms with Crippen molar-refractivity contribution in [1.29, 1.82) is 0 Å². The van der Waals surface area contributed by atoms with Gasteiger partial charge in [0.2, 0.25) is 0 Å². The molecule has 116 valence electrons. The number of aryl methyl sites for hydroxylation is 1. The summed E-state index contributed by atoms with van der Waals surface area (Å²) in [6.07, 6.45) is 1.71. The van der Waals surface area contributed by atoms with Crippen LogP contribution in [0.4, 0.5) is 16.5 Å². The Morgan fingerprint density at radius 2 is 2.09 bits per heavy atom. The molecule has 1 amide bonds. The molecule has 1 heterocycles. The van der Waals surface area contributed by atoms with E-state index in [9.17, 15) is 9.90 Å². The molecule has 0 saturated carbocycles. The van der Waals surface area contributed by atoms with Gasteiger partial charge in [0, 0.05) is 22.8 Å². The van der Waals surface area contributed by atoms with Crippen LogP contribution in [0.5, 0.6) is 5.75 Å². The Morgan fingerprint density at radius 3 is 2.83 bits per heavy atom. The van der Waals surface area contributed by atoms with Crippen molar-refractivity contribution in [3.8, 4) is 5.75 Å². The lowest BCUT2D eigenvalue weighted by molar-refractivity contribution is 0.102. The summed E-state index contributed by atoms with van der Waals surface area (Å²) in [6.45, 7) is 1.87. The Balaban J connectivity index is 1.77. The number of nitrogens with zero attached hydrogens (tertiary/aromatic N) is 1. The highest BCUT2D eigenvalue weighted by atomic mass is 32.1. The molecule has 6 heteroatoms. The lowest BCUT2D eigenvalue weighted by Crippen LogP contribution is -2.12. The summed E-state index contributed by atoms with van der Waals surface area (Å²) >= 11 is 1.48. The van der Waals surface area contributed by atoms with Crippen molar-refractivity contribution in [1.82, 2.24) is 4.98 Å². The Bertz CT molecular complexity index is 832. The SMILES string of the molecule is Cc1ccc(NC(=O)c2cccc(Nc3nccs3)c2)c(O)c1. The number of carbonyl (C=O) groups excluding carboxylic acids is 1. The number of hydrogen-bond acceptors (Lipinski definition) is 5. The number of carbonyl (C=O) groups is 1. The number of aromatic hydroxyl groups is 1. The van der Waals surface area contributed by atoms with E-state index < -0.39 is 0 Å². The molecule has 2 aromatic carbocycles. The van der Waals surface area contributed by atoms with E-state index in [1.807, 2.05) is 24.4 Å². The highest BCUT2D eigenvalue weighted by Crippen LogP contribution is 2.25. The molecule has 0 radical (unpaired) electrons. The van der Waals surface area contributed by atoms with Crippen molar-refractivity contribution in [2.24, 2.45) is 0 Å². The second kappa shape index (κ2) is 6.50. The second-order valence-corrected chi connectivity index (χ2v) is 5.91. The number of aromatic nitrogens is 1. The van der Waals surface area contributed by atoms with Crippen LogP contribution in [0.2, 0.25) is 0 Å². The zero-order chi connectivity index (χ0) is 16.2. The number of rotatable bonds is 4. The molecule has 23 heavy (non-hydrogen) atoms. The minimum Gasteiger partial charge on any atom is -0.506 e. The molecule has 0 atom stereocenters. The van der Waals surface area contributed by atoms with E-state index in [0.717, 1.165) is 16.4 Å². The van der Waals surface area contributed by atoms with Gasteiger partial charge in [-0.3, -0.25) is 4.79 Å². The maximum absolute atomic E-state index is 12.3. The summed E-state index contributed by atoms with van der Waals surface area (Å²) in [7, 11) is 0. The summed E-state index contributed by atoms with van der Waals surface area (Å²) < 4.78 is 0. The Kier molecular flexibility index (Phi) is 4.25. The molecule has 0 spiro atoms. The van der Waals surface area contributed by atoms with Crippen molar-refractivity contribution in [3.05, 3.63) is 65.2 Å². The van der Waals surface area contributed by atoms with Crippen molar-refractivity contribution >= 4 is 33.8 Å². The third-order valence-corrected chi connectivity index (χ3v) is 3.90. The van der Waals surface area contributed by atoms with Crippen LogP contribution < -0.4 is 10.6 Å². The predicted octanol–water partition coefficient (Wildman–Crippen LogP) is 4.15. The number of nitrogens with one attached hydrogen (secondary N) is 2. The topological polar surface area (TPSA) is 74.2 Å². The zero-order valence-corrected chi connectivity index (χ0v) is 13.2. The number of hydrogen-bond donors (Lipinski definition) is 3. The third kappa shape index (κ3) is 3.67. The van der Waals surface area contributed by atoms with Crippen molar-refractivity contribution < 1.29 is 9.90 Å². The Hall–Kier alpha value is -2.86. The number of phenolic OH excluding ortho intramolecular Hbond substituents is 1. The maximum Gasteiger partial charge on any atom is 0.255 e. The van der Waals surface area contributed by atoms with Gasteiger partial charge in [-0.2, -0.15) is 0 Å². The first-order chi connectivity index (χ1) is 11.1. The fourth-order valence-corrected chi connectivity index (χ4v) is 2.64. The molecule has 0 saturated heterocycles. The quantitative estimate of drug-likeness (QED) is 0.630. The molecule has 0 bridgehead atoms. The van der Waals surface area contributed by atoms with Gasteiger partial charge < -0.3 is 15.7 Å². The summed E-state index contributed by atoms with van der Waals surface area (Å²) in [5.41, 5.74) is 2.58. The van der Waals surface area contributed by atoms with Crippen molar-refractivity contribution in [2.45, 2.75) is 6.92 Å². The lowest BCUT2D eigenvalue weighted by Gasteiger charge is -2.09. The first-order valence-corrected chi connectivity index (χ1v) is 7.87. The van der Waals surface area contributed by atoms with Gasteiger partial charge in [0.15, 0.2) is 5.13 Å². The van der Waals surface area contributed by atoms with Crippen LogP contribution in [-0.4, -0.2) is 16.0 Å². The summed E-state index contributed by atoms with van der Waals surface area (Å²) in [5, 5.41) is 18.4. The minimum absolute atomic E-state index is 0.0513. The third-order valence-electron chi connectivity index (χ3n) is 3.21. The number of thiazole rings is 1. The van der Waals surface area contributed by atoms with Gasteiger partial charge in [-0.15, -0.1) is 11.3 Å².